The number of carbonyl (C=O) groups excluding carboxylic acids is 2. The van der Waals surface area contributed by atoms with E-state index in [1.807, 2.05) is 19.1 Å². The zero-order chi connectivity index (χ0) is 16.0. The first kappa shape index (κ1) is 15.4. The van der Waals surface area contributed by atoms with E-state index >= 15 is 0 Å². The number of rotatable bonds is 1. The number of anilines is 1. The van der Waals surface area contributed by atoms with E-state index in [-0.39, 0.29) is 16.4 Å². The molecular formula is C15H15N3O2S3. The summed E-state index contributed by atoms with van der Waals surface area (Å²) in [7, 11) is 0. The first-order chi connectivity index (χ1) is 11.1. The zero-order valence-electron chi connectivity index (χ0n) is 12.4. The third kappa shape index (κ3) is 2.47. The van der Waals surface area contributed by atoms with Crippen LogP contribution in [0.25, 0.3) is 0 Å². The van der Waals surface area contributed by atoms with E-state index in [4.69, 9.17) is 0 Å². The van der Waals surface area contributed by atoms with Gasteiger partial charge in [0, 0.05) is 11.3 Å². The Kier molecular flexibility index (Phi) is 3.85. The van der Waals surface area contributed by atoms with Gasteiger partial charge in [0.2, 0.25) is 0 Å². The number of fused-ring (bicyclic) bond motifs is 2. The molecule has 1 spiro atoms. The maximum absolute atomic E-state index is 12.6. The van der Waals surface area contributed by atoms with Gasteiger partial charge in [0.05, 0.1) is 11.0 Å². The van der Waals surface area contributed by atoms with Gasteiger partial charge in [0.1, 0.15) is 0 Å². The largest absolute Gasteiger partial charge is 0.323 e. The highest BCUT2D eigenvalue weighted by Gasteiger charge is 2.49. The van der Waals surface area contributed by atoms with Crippen LogP contribution in [0, 0.1) is 0 Å². The van der Waals surface area contributed by atoms with Crippen molar-refractivity contribution in [3.05, 3.63) is 29.3 Å². The standard InChI is InChI=1S/C15H15N3O2S3/c1-8-12(17-18-14(20)23-8)9-3-4-11-10(7-9)15(13(19)16-11)21-5-2-6-22-15/h3-4,7-8H,2,5-6H2,1H3,(H,16,19)(H,18,20)/t8-/m1/s1. The quantitative estimate of drug-likeness (QED) is 0.800. The fraction of sp³-hybridized carbons (Fsp3) is 0.400. The summed E-state index contributed by atoms with van der Waals surface area (Å²) in [6.07, 6.45) is 1.13. The maximum atomic E-state index is 12.6. The van der Waals surface area contributed by atoms with Crippen LogP contribution in [0.5, 0.6) is 0 Å². The van der Waals surface area contributed by atoms with Crippen LogP contribution in [-0.4, -0.2) is 33.6 Å². The predicted octanol–water partition coefficient (Wildman–Crippen LogP) is 3.21. The molecule has 0 aliphatic carbocycles. The molecule has 3 aliphatic heterocycles. The second kappa shape index (κ2) is 5.75. The Morgan fingerprint density at radius 1 is 1.26 bits per heavy atom. The van der Waals surface area contributed by atoms with Crippen LogP contribution in [-0.2, 0) is 8.87 Å². The first-order valence-electron chi connectivity index (χ1n) is 7.38. The van der Waals surface area contributed by atoms with Crippen LogP contribution >= 0.6 is 35.3 Å². The van der Waals surface area contributed by atoms with Crippen molar-refractivity contribution in [3.8, 4) is 0 Å². The molecule has 0 aromatic heterocycles. The molecule has 0 unspecified atom stereocenters. The Morgan fingerprint density at radius 2 is 2.04 bits per heavy atom. The van der Waals surface area contributed by atoms with E-state index < -0.39 is 4.08 Å². The number of hydrazone groups is 1. The number of carbonyl (C=O) groups is 2. The van der Waals surface area contributed by atoms with Crippen molar-refractivity contribution in [2.24, 2.45) is 5.10 Å². The molecule has 0 radical (unpaired) electrons. The summed E-state index contributed by atoms with van der Waals surface area (Å²) in [5.41, 5.74) is 6.26. The van der Waals surface area contributed by atoms with Crippen molar-refractivity contribution >= 4 is 57.8 Å². The molecule has 3 heterocycles. The molecule has 1 aromatic carbocycles. The summed E-state index contributed by atoms with van der Waals surface area (Å²) < 4.78 is -0.529. The normalized spacial score (nSPS) is 25.6. The number of nitrogens with zero attached hydrogens (tertiary/aromatic N) is 1. The minimum Gasteiger partial charge on any atom is -0.323 e. The number of hydrogen-bond donors (Lipinski definition) is 2. The van der Waals surface area contributed by atoms with Crippen molar-refractivity contribution in [1.82, 2.24) is 5.43 Å². The van der Waals surface area contributed by atoms with Gasteiger partial charge in [-0.15, -0.1) is 23.5 Å². The highest BCUT2D eigenvalue weighted by molar-refractivity contribution is 8.19. The van der Waals surface area contributed by atoms with Gasteiger partial charge in [-0.05, 0) is 42.5 Å². The van der Waals surface area contributed by atoms with Crippen LogP contribution in [0.3, 0.4) is 0 Å². The minimum atomic E-state index is -0.529. The summed E-state index contributed by atoms with van der Waals surface area (Å²) in [6, 6.07) is 5.97. The summed E-state index contributed by atoms with van der Waals surface area (Å²) >= 11 is 4.66. The molecule has 4 rings (SSSR count). The lowest BCUT2D eigenvalue weighted by Crippen LogP contribution is -2.31. The first-order valence-corrected chi connectivity index (χ1v) is 10.2. The van der Waals surface area contributed by atoms with Crippen LogP contribution in [0.15, 0.2) is 23.3 Å². The number of amides is 2. The van der Waals surface area contributed by atoms with E-state index in [1.54, 1.807) is 23.5 Å². The molecule has 0 saturated carbocycles. The summed E-state index contributed by atoms with van der Waals surface area (Å²) in [4.78, 5) is 24.0. The molecule has 8 heteroatoms. The van der Waals surface area contributed by atoms with Gasteiger partial charge in [0.25, 0.3) is 11.1 Å². The fourth-order valence-corrected chi connectivity index (χ4v) is 6.87. The summed E-state index contributed by atoms with van der Waals surface area (Å²) in [5.74, 6) is 2.06. The topological polar surface area (TPSA) is 70.6 Å². The van der Waals surface area contributed by atoms with Crippen molar-refractivity contribution in [2.45, 2.75) is 22.7 Å². The molecular weight excluding hydrogens is 350 g/mol. The Hall–Kier alpha value is -1.12. The molecule has 120 valence electrons. The van der Waals surface area contributed by atoms with Gasteiger partial charge in [-0.1, -0.05) is 17.8 Å². The third-order valence-electron chi connectivity index (χ3n) is 4.05. The van der Waals surface area contributed by atoms with E-state index in [2.05, 4.69) is 21.9 Å². The molecule has 1 aromatic rings. The lowest BCUT2D eigenvalue weighted by Gasteiger charge is -2.30. The smallest absolute Gasteiger partial charge is 0.299 e. The zero-order valence-corrected chi connectivity index (χ0v) is 14.9. The second-order valence-electron chi connectivity index (χ2n) is 5.54. The van der Waals surface area contributed by atoms with Crippen molar-refractivity contribution < 1.29 is 9.59 Å². The SMILES string of the molecule is C[C@H]1SC(=O)NN=C1c1ccc2c(c1)C1(SCCCS1)C(=O)N2. The third-order valence-corrected chi connectivity index (χ3v) is 8.25. The summed E-state index contributed by atoms with van der Waals surface area (Å²) in [6.45, 7) is 1.97. The molecule has 2 N–H and O–H groups in total. The van der Waals surface area contributed by atoms with Gasteiger partial charge < -0.3 is 5.32 Å². The number of hydrogen-bond acceptors (Lipinski definition) is 6. The number of thioether (sulfide) groups is 3. The van der Waals surface area contributed by atoms with Crippen molar-refractivity contribution in [1.29, 1.82) is 0 Å². The lowest BCUT2D eigenvalue weighted by molar-refractivity contribution is -0.116. The van der Waals surface area contributed by atoms with Gasteiger partial charge in [-0.25, -0.2) is 5.43 Å². The Labute approximate surface area is 146 Å². The molecule has 1 saturated heterocycles. The van der Waals surface area contributed by atoms with Crippen LogP contribution in [0.2, 0.25) is 0 Å². The predicted molar refractivity (Wildman–Crippen MR) is 98.4 cm³/mol. The molecule has 23 heavy (non-hydrogen) atoms. The summed E-state index contributed by atoms with van der Waals surface area (Å²) in [5, 5.41) is 7.09. The Balaban J connectivity index is 1.77. The number of benzene rings is 1. The van der Waals surface area contributed by atoms with E-state index in [0.29, 0.717) is 0 Å². The maximum Gasteiger partial charge on any atom is 0.299 e. The molecule has 1 atom stereocenters. The average Bonchev–Trinajstić information content (AvgIpc) is 2.80. The van der Waals surface area contributed by atoms with Crippen LogP contribution in [0.4, 0.5) is 10.5 Å². The van der Waals surface area contributed by atoms with Gasteiger partial charge in [-0.3, -0.25) is 9.59 Å². The van der Waals surface area contributed by atoms with Crippen LogP contribution < -0.4 is 10.7 Å². The highest BCUT2D eigenvalue weighted by Crippen LogP contribution is 2.56. The van der Waals surface area contributed by atoms with Crippen molar-refractivity contribution in [2.75, 3.05) is 16.8 Å². The number of nitrogens with one attached hydrogen (secondary N) is 2. The van der Waals surface area contributed by atoms with E-state index in [9.17, 15) is 9.59 Å². The van der Waals surface area contributed by atoms with Crippen molar-refractivity contribution in [3.63, 3.8) is 0 Å². The molecule has 2 amide bonds. The second-order valence-corrected chi connectivity index (χ2v) is 9.73. The Morgan fingerprint density at radius 3 is 2.78 bits per heavy atom. The molecule has 3 aliphatic rings. The van der Waals surface area contributed by atoms with Gasteiger partial charge in [0.15, 0.2) is 4.08 Å². The fourth-order valence-electron chi connectivity index (χ4n) is 2.97. The van der Waals surface area contributed by atoms with Gasteiger partial charge >= 0.3 is 0 Å². The molecule has 5 nitrogen and oxygen atoms in total. The molecule has 0 bridgehead atoms. The van der Waals surface area contributed by atoms with Crippen LogP contribution in [0.1, 0.15) is 24.5 Å². The lowest BCUT2D eigenvalue weighted by atomic mass is 10.0. The monoisotopic (exact) mass is 365 g/mol. The highest BCUT2D eigenvalue weighted by atomic mass is 32.2. The van der Waals surface area contributed by atoms with E-state index in [0.717, 1.165) is 40.5 Å². The Bertz CT molecular complexity index is 729. The van der Waals surface area contributed by atoms with E-state index in [1.165, 1.54) is 11.8 Å². The minimum absolute atomic E-state index is 0.00512. The average molecular weight is 366 g/mol. The van der Waals surface area contributed by atoms with Gasteiger partial charge in [-0.2, -0.15) is 5.10 Å². The molecule has 1 fully saturated rings.